The lowest BCUT2D eigenvalue weighted by Gasteiger charge is -2.13. The van der Waals surface area contributed by atoms with Crippen LogP contribution in [0.2, 0.25) is 0 Å². The van der Waals surface area contributed by atoms with Gasteiger partial charge in [-0.3, -0.25) is 9.59 Å². The van der Waals surface area contributed by atoms with E-state index in [1.54, 1.807) is 24.3 Å². The number of amides is 1. The SMILES string of the molecule is CCn1c(S[C@H](C)C(=O)Nc2cccc(C(C)=O)c2)nc2ccccc21. The van der Waals surface area contributed by atoms with Gasteiger partial charge in [0.15, 0.2) is 10.9 Å². The Bertz CT molecular complexity index is 965. The molecule has 6 heteroatoms. The van der Waals surface area contributed by atoms with E-state index in [-0.39, 0.29) is 16.9 Å². The number of anilines is 1. The van der Waals surface area contributed by atoms with Gasteiger partial charge in [-0.15, -0.1) is 0 Å². The van der Waals surface area contributed by atoms with Crippen molar-refractivity contribution in [3.63, 3.8) is 0 Å². The number of carbonyl (C=O) groups is 2. The smallest absolute Gasteiger partial charge is 0.237 e. The Balaban J connectivity index is 1.75. The van der Waals surface area contributed by atoms with Crippen molar-refractivity contribution in [3.05, 3.63) is 54.1 Å². The van der Waals surface area contributed by atoms with Crippen molar-refractivity contribution < 1.29 is 9.59 Å². The number of hydrogen-bond acceptors (Lipinski definition) is 4. The molecule has 0 aliphatic rings. The first-order valence-electron chi connectivity index (χ1n) is 8.53. The zero-order valence-corrected chi connectivity index (χ0v) is 15.8. The van der Waals surface area contributed by atoms with Gasteiger partial charge in [0.1, 0.15) is 0 Å². The molecule has 1 N–H and O–H groups in total. The molecule has 0 spiro atoms. The first-order valence-corrected chi connectivity index (χ1v) is 9.41. The van der Waals surface area contributed by atoms with Crippen LogP contribution in [0.25, 0.3) is 11.0 Å². The summed E-state index contributed by atoms with van der Waals surface area (Å²) in [5.74, 6) is -0.148. The normalized spacial score (nSPS) is 12.1. The van der Waals surface area contributed by atoms with Crippen molar-refractivity contribution in [2.24, 2.45) is 0 Å². The van der Waals surface area contributed by atoms with E-state index in [0.29, 0.717) is 11.3 Å². The lowest BCUT2D eigenvalue weighted by molar-refractivity contribution is -0.115. The van der Waals surface area contributed by atoms with Gasteiger partial charge in [0, 0.05) is 17.8 Å². The first-order chi connectivity index (χ1) is 12.5. The van der Waals surface area contributed by atoms with E-state index in [2.05, 4.69) is 21.8 Å². The molecule has 5 nitrogen and oxygen atoms in total. The number of aryl methyl sites for hydroxylation is 1. The molecule has 3 rings (SSSR count). The van der Waals surface area contributed by atoms with E-state index in [9.17, 15) is 9.59 Å². The summed E-state index contributed by atoms with van der Waals surface area (Å²) in [6.45, 7) is 6.22. The molecule has 0 bridgehead atoms. The number of fused-ring (bicyclic) bond motifs is 1. The highest BCUT2D eigenvalue weighted by atomic mass is 32.2. The monoisotopic (exact) mass is 367 g/mol. The van der Waals surface area contributed by atoms with Crippen LogP contribution in [0, 0.1) is 0 Å². The van der Waals surface area contributed by atoms with Gasteiger partial charge in [-0.2, -0.15) is 0 Å². The molecule has 0 saturated carbocycles. The molecule has 0 aliphatic heterocycles. The van der Waals surface area contributed by atoms with Crippen LogP contribution in [0.3, 0.4) is 0 Å². The molecule has 1 amide bonds. The number of rotatable bonds is 6. The highest BCUT2D eigenvalue weighted by Crippen LogP contribution is 2.28. The predicted molar refractivity (Wildman–Crippen MR) is 106 cm³/mol. The van der Waals surface area contributed by atoms with Crippen LogP contribution >= 0.6 is 11.8 Å². The number of hydrogen-bond donors (Lipinski definition) is 1. The van der Waals surface area contributed by atoms with E-state index in [1.807, 2.05) is 31.2 Å². The standard InChI is InChI=1S/C20H21N3O2S/c1-4-23-18-11-6-5-10-17(18)22-20(23)26-14(3)19(25)21-16-9-7-8-15(12-16)13(2)24/h5-12,14H,4H2,1-3H3,(H,21,25)/t14-/m1/s1. The topological polar surface area (TPSA) is 64.0 Å². The summed E-state index contributed by atoms with van der Waals surface area (Å²) in [5, 5.41) is 3.39. The number of para-hydroxylation sites is 2. The van der Waals surface area contributed by atoms with E-state index in [0.717, 1.165) is 22.7 Å². The number of benzene rings is 2. The molecule has 2 aromatic carbocycles. The van der Waals surface area contributed by atoms with Crippen LogP contribution < -0.4 is 5.32 Å². The predicted octanol–water partition coefficient (Wildman–Crippen LogP) is 4.38. The van der Waals surface area contributed by atoms with Gasteiger partial charge < -0.3 is 9.88 Å². The third kappa shape index (κ3) is 3.80. The number of thioether (sulfide) groups is 1. The third-order valence-corrected chi connectivity index (χ3v) is 5.21. The lowest BCUT2D eigenvalue weighted by atomic mass is 10.1. The van der Waals surface area contributed by atoms with Crippen LogP contribution in [-0.2, 0) is 11.3 Å². The average Bonchev–Trinajstić information content (AvgIpc) is 2.98. The molecule has 1 aromatic heterocycles. The first kappa shape index (κ1) is 18.2. The minimum Gasteiger partial charge on any atom is -0.325 e. The molecule has 1 atom stereocenters. The van der Waals surface area contributed by atoms with Crippen LogP contribution in [-0.4, -0.2) is 26.5 Å². The summed E-state index contributed by atoms with van der Waals surface area (Å²) < 4.78 is 2.11. The Morgan fingerprint density at radius 2 is 1.96 bits per heavy atom. The maximum Gasteiger partial charge on any atom is 0.237 e. The molecule has 134 valence electrons. The van der Waals surface area contributed by atoms with E-state index in [1.165, 1.54) is 18.7 Å². The second-order valence-electron chi connectivity index (χ2n) is 6.01. The van der Waals surface area contributed by atoms with Gasteiger partial charge in [0.25, 0.3) is 0 Å². The number of Topliss-reactive ketones (excluding diaryl/α,β-unsaturated/α-hetero) is 1. The second kappa shape index (κ2) is 7.74. The molecule has 0 saturated heterocycles. The van der Waals surface area contributed by atoms with Gasteiger partial charge >= 0.3 is 0 Å². The fourth-order valence-electron chi connectivity index (χ4n) is 2.72. The average molecular weight is 367 g/mol. The van der Waals surface area contributed by atoms with E-state index in [4.69, 9.17) is 0 Å². The zero-order chi connectivity index (χ0) is 18.7. The van der Waals surface area contributed by atoms with E-state index < -0.39 is 0 Å². The lowest BCUT2D eigenvalue weighted by Crippen LogP contribution is -2.23. The Hall–Kier alpha value is -2.60. The largest absolute Gasteiger partial charge is 0.325 e. The molecule has 26 heavy (non-hydrogen) atoms. The summed E-state index contributed by atoms with van der Waals surface area (Å²) in [4.78, 5) is 28.7. The zero-order valence-electron chi connectivity index (χ0n) is 15.0. The van der Waals surface area contributed by atoms with Crippen LogP contribution in [0.4, 0.5) is 5.69 Å². The van der Waals surface area contributed by atoms with Crippen LogP contribution in [0.1, 0.15) is 31.1 Å². The third-order valence-electron chi connectivity index (χ3n) is 4.12. The minimum absolute atomic E-state index is 0.0276. The minimum atomic E-state index is -0.321. The van der Waals surface area contributed by atoms with Crippen molar-refractivity contribution >= 4 is 40.2 Å². The van der Waals surface area contributed by atoms with Crippen molar-refractivity contribution in [2.75, 3.05) is 5.32 Å². The molecule has 0 fully saturated rings. The number of imidazole rings is 1. The highest BCUT2D eigenvalue weighted by Gasteiger charge is 2.19. The fourth-order valence-corrected chi connectivity index (χ4v) is 3.71. The van der Waals surface area contributed by atoms with Crippen molar-refractivity contribution in [1.29, 1.82) is 0 Å². The molecular formula is C20H21N3O2S. The molecule has 3 aromatic rings. The summed E-state index contributed by atoms with van der Waals surface area (Å²) in [6, 6.07) is 14.9. The van der Waals surface area contributed by atoms with Gasteiger partial charge in [-0.1, -0.05) is 36.0 Å². The van der Waals surface area contributed by atoms with Crippen molar-refractivity contribution in [3.8, 4) is 0 Å². The maximum absolute atomic E-state index is 12.6. The number of nitrogens with zero attached hydrogens (tertiary/aromatic N) is 2. The Labute approximate surface area is 156 Å². The number of ketones is 1. The fraction of sp³-hybridized carbons (Fsp3) is 0.250. The highest BCUT2D eigenvalue weighted by molar-refractivity contribution is 8.00. The molecule has 0 radical (unpaired) electrons. The van der Waals surface area contributed by atoms with E-state index >= 15 is 0 Å². The van der Waals surface area contributed by atoms with Crippen LogP contribution in [0.15, 0.2) is 53.7 Å². The Morgan fingerprint density at radius 3 is 2.69 bits per heavy atom. The summed E-state index contributed by atoms with van der Waals surface area (Å²) in [7, 11) is 0. The molecule has 0 aliphatic carbocycles. The molecule has 1 heterocycles. The second-order valence-corrected chi connectivity index (χ2v) is 7.32. The van der Waals surface area contributed by atoms with Crippen LogP contribution in [0.5, 0.6) is 0 Å². The summed E-state index contributed by atoms with van der Waals surface area (Å²) >= 11 is 1.43. The summed E-state index contributed by atoms with van der Waals surface area (Å²) in [6.07, 6.45) is 0. The number of carbonyl (C=O) groups excluding carboxylic acids is 2. The maximum atomic E-state index is 12.6. The van der Waals surface area contributed by atoms with Gasteiger partial charge in [-0.25, -0.2) is 4.98 Å². The van der Waals surface area contributed by atoms with Gasteiger partial charge in [0.05, 0.1) is 16.3 Å². The van der Waals surface area contributed by atoms with Crippen molar-refractivity contribution in [2.45, 2.75) is 37.7 Å². The van der Waals surface area contributed by atoms with Gasteiger partial charge in [-0.05, 0) is 45.0 Å². The molecular weight excluding hydrogens is 346 g/mol. The number of nitrogens with one attached hydrogen (secondary N) is 1. The molecule has 0 unspecified atom stereocenters. The number of aromatic nitrogens is 2. The Morgan fingerprint density at radius 1 is 1.19 bits per heavy atom. The van der Waals surface area contributed by atoms with Gasteiger partial charge in [0.2, 0.25) is 5.91 Å². The summed E-state index contributed by atoms with van der Waals surface area (Å²) in [5.41, 5.74) is 3.20. The quantitative estimate of drug-likeness (QED) is 0.519. The van der Waals surface area contributed by atoms with Crippen molar-refractivity contribution in [1.82, 2.24) is 9.55 Å². The Kier molecular flexibility index (Phi) is 5.42.